The van der Waals surface area contributed by atoms with Gasteiger partial charge in [0.1, 0.15) is 12.4 Å². The first-order valence-electron chi connectivity index (χ1n) is 6.37. The van der Waals surface area contributed by atoms with Gasteiger partial charge in [0.25, 0.3) is 0 Å². The summed E-state index contributed by atoms with van der Waals surface area (Å²) in [5.41, 5.74) is 0.165. The van der Waals surface area contributed by atoms with Crippen molar-refractivity contribution in [1.82, 2.24) is 9.38 Å². The summed E-state index contributed by atoms with van der Waals surface area (Å²) in [6.45, 7) is -0.00758. The number of fused-ring (bicyclic) bond motifs is 1. The van der Waals surface area contributed by atoms with Gasteiger partial charge in [0.05, 0.1) is 5.52 Å². The van der Waals surface area contributed by atoms with E-state index in [1.54, 1.807) is 36.4 Å². The van der Waals surface area contributed by atoms with E-state index >= 15 is 0 Å². The van der Waals surface area contributed by atoms with Crippen molar-refractivity contribution in [1.29, 1.82) is 0 Å². The standard InChI is InChI=1S/C15H11ClN2O4/c16-9-3-1-4-10(7-9)22-8-12-17-14(15(20)21)11-5-2-6-13(19)18(11)12/h1-7,19H,8H2,(H,20,21). The van der Waals surface area contributed by atoms with Crippen LogP contribution < -0.4 is 4.74 Å². The molecule has 0 amide bonds. The lowest BCUT2D eigenvalue weighted by Crippen LogP contribution is -2.02. The van der Waals surface area contributed by atoms with Gasteiger partial charge in [0, 0.05) is 5.02 Å². The van der Waals surface area contributed by atoms with Crippen molar-refractivity contribution in [3.63, 3.8) is 0 Å². The first-order valence-corrected chi connectivity index (χ1v) is 6.75. The summed E-state index contributed by atoms with van der Waals surface area (Å²) >= 11 is 5.87. The molecule has 6 nitrogen and oxygen atoms in total. The third-order valence-corrected chi connectivity index (χ3v) is 3.31. The zero-order valence-corrected chi connectivity index (χ0v) is 12.0. The molecule has 22 heavy (non-hydrogen) atoms. The number of rotatable bonds is 4. The van der Waals surface area contributed by atoms with Crippen LogP contribution in [0.25, 0.3) is 5.52 Å². The zero-order valence-electron chi connectivity index (χ0n) is 11.2. The molecule has 3 rings (SSSR count). The molecule has 112 valence electrons. The number of hydrogen-bond acceptors (Lipinski definition) is 4. The minimum atomic E-state index is -1.17. The van der Waals surface area contributed by atoms with E-state index in [9.17, 15) is 15.0 Å². The predicted molar refractivity (Wildman–Crippen MR) is 79.6 cm³/mol. The average Bonchev–Trinajstić information content (AvgIpc) is 2.86. The highest BCUT2D eigenvalue weighted by molar-refractivity contribution is 6.30. The Labute approximate surface area is 130 Å². The summed E-state index contributed by atoms with van der Waals surface area (Å²) in [5.74, 6) is -0.471. The molecule has 2 heterocycles. The average molecular weight is 319 g/mol. The molecule has 0 saturated heterocycles. The molecule has 2 N–H and O–H groups in total. The molecule has 0 aliphatic rings. The van der Waals surface area contributed by atoms with Gasteiger partial charge in [-0.1, -0.05) is 23.7 Å². The van der Waals surface area contributed by atoms with Crippen molar-refractivity contribution >= 4 is 23.1 Å². The molecule has 0 bridgehead atoms. The lowest BCUT2D eigenvalue weighted by atomic mass is 10.3. The second-order valence-corrected chi connectivity index (χ2v) is 4.97. The van der Waals surface area contributed by atoms with Crippen LogP contribution in [-0.4, -0.2) is 25.6 Å². The minimum absolute atomic E-state index is 0.00758. The maximum Gasteiger partial charge on any atom is 0.356 e. The number of halogens is 1. The largest absolute Gasteiger partial charge is 0.494 e. The van der Waals surface area contributed by atoms with Crippen LogP contribution in [0.15, 0.2) is 42.5 Å². The van der Waals surface area contributed by atoms with Gasteiger partial charge >= 0.3 is 5.97 Å². The van der Waals surface area contributed by atoms with Crippen LogP contribution in [0, 0.1) is 0 Å². The number of nitrogens with zero attached hydrogens (tertiary/aromatic N) is 2. The van der Waals surface area contributed by atoms with Crippen LogP contribution in [0.4, 0.5) is 0 Å². The summed E-state index contributed by atoms with van der Waals surface area (Å²) in [6, 6.07) is 11.4. The molecule has 7 heteroatoms. The topological polar surface area (TPSA) is 84.1 Å². The second kappa shape index (κ2) is 5.57. The molecular weight excluding hydrogens is 308 g/mol. The molecule has 0 spiro atoms. The Balaban J connectivity index is 1.98. The van der Waals surface area contributed by atoms with Crippen LogP contribution >= 0.6 is 11.6 Å². The van der Waals surface area contributed by atoms with E-state index in [0.29, 0.717) is 16.3 Å². The second-order valence-electron chi connectivity index (χ2n) is 4.53. The smallest absolute Gasteiger partial charge is 0.356 e. The van der Waals surface area contributed by atoms with Crippen molar-refractivity contribution in [2.45, 2.75) is 6.61 Å². The Morgan fingerprint density at radius 2 is 2.05 bits per heavy atom. The zero-order chi connectivity index (χ0) is 15.7. The van der Waals surface area contributed by atoms with E-state index in [2.05, 4.69) is 4.98 Å². The summed E-state index contributed by atoms with van der Waals surface area (Å²) in [4.78, 5) is 15.3. The highest BCUT2D eigenvalue weighted by atomic mass is 35.5. The van der Waals surface area contributed by atoms with E-state index in [1.165, 1.54) is 10.5 Å². The highest BCUT2D eigenvalue weighted by Crippen LogP contribution is 2.22. The molecule has 2 aromatic heterocycles. The fraction of sp³-hybridized carbons (Fsp3) is 0.0667. The van der Waals surface area contributed by atoms with Crippen molar-refractivity contribution in [2.75, 3.05) is 0 Å². The number of ether oxygens (including phenoxy) is 1. The lowest BCUT2D eigenvalue weighted by Gasteiger charge is -2.06. The van der Waals surface area contributed by atoms with Gasteiger partial charge in [-0.2, -0.15) is 0 Å². The third kappa shape index (κ3) is 2.56. The highest BCUT2D eigenvalue weighted by Gasteiger charge is 2.18. The molecule has 3 aromatic rings. The van der Waals surface area contributed by atoms with E-state index in [1.807, 2.05) is 0 Å². The number of aromatic hydroxyl groups is 1. The maximum atomic E-state index is 11.2. The van der Waals surface area contributed by atoms with Gasteiger partial charge in [-0.15, -0.1) is 0 Å². The van der Waals surface area contributed by atoms with Gasteiger partial charge < -0.3 is 14.9 Å². The fourth-order valence-electron chi connectivity index (χ4n) is 2.15. The number of aromatic nitrogens is 2. The summed E-state index contributed by atoms with van der Waals surface area (Å²) < 4.78 is 6.90. The quantitative estimate of drug-likeness (QED) is 0.772. The Morgan fingerprint density at radius 1 is 1.27 bits per heavy atom. The van der Waals surface area contributed by atoms with Crippen molar-refractivity contribution in [3.05, 3.63) is 59.0 Å². The van der Waals surface area contributed by atoms with Crippen LogP contribution in [0.1, 0.15) is 16.3 Å². The molecule has 1 aromatic carbocycles. The molecule has 0 aliphatic heterocycles. The number of carboxylic acid groups (broad SMARTS) is 1. The predicted octanol–water partition coefficient (Wildman–Crippen LogP) is 2.97. The molecule has 0 fully saturated rings. The van der Waals surface area contributed by atoms with Crippen LogP contribution in [0.5, 0.6) is 11.6 Å². The minimum Gasteiger partial charge on any atom is -0.494 e. The van der Waals surface area contributed by atoms with Crippen LogP contribution in [0.2, 0.25) is 5.02 Å². The Hall–Kier alpha value is -2.73. The number of aromatic carboxylic acids is 1. The number of pyridine rings is 1. The molecular formula is C15H11ClN2O4. The van der Waals surface area contributed by atoms with Gasteiger partial charge in [0.15, 0.2) is 17.4 Å². The van der Waals surface area contributed by atoms with Gasteiger partial charge in [-0.05, 0) is 30.3 Å². The number of carboxylic acids is 1. The van der Waals surface area contributed by atoms with Gasteiger partial charge in [-0.3, -0.25) is 4.40 Å². The SMILES string of the molecule is O=C(O)c1nc(COc2cccc(Cl)c2)n2c(O)cccc12. The molecule has 0 unspecified atom stereocenters. The van der Waals surface area contributed by atoms with Gasteiger partial charge in [-0.25, -0.2) is 9.78 Å². The number of carbonyl (C=O) groups is 1. The summed E-state index contributed by atoms with van der Waals surface area (Å²) in [7, 11) is 0. The van der Waals surface area contributed by atoms with E-state index < -0.39 is 5.97 Å². The summed E-state index contributed by atoms with van der Waals surface area (Å²) in [6.07, 6.45) is 0. The maximum absolute atomic E-state index is 11.2. The summed E-state index contributed by atoms with van der Waals surface area (Å²) in [5, 5.41) is 19.7. The van der Waals surface area contributed by atoms with E-state index in [4.69, 9.17) is 16.3 Å². The molecule has 0 saturated carbocycles. The Bertz CT molecular complexity index is 860. The molecule has 0 atom stereocenters. The Morgan fingerprint density at radius 3 is 2.77 bits per heavy atom. The molecule has 0 aliphatic carbocycles. The van der Waals surface area contributed by atoms with Crippen LogP contribution in [0.3, 0.4) is 0 Å². The van der Waals surface area contributed by atoms with E-state index in [0.717, 1.165) is 0 Å². The first-order chi connectivity index (χ1) is 10.6. The third-order valence-electron chi connectivity index (χ3n) is 3.08. The Kier molecular flexibility index (Phi) is 3.60. The fourth-order valence-corrected chi connectivity index (χ4v) is 2.33. The van der Waals surface area contributed by atoms with Crippen molar-refractivity contribution in [3.8, 4) is 11.6 Å². The van der Waals surface area contributed by atoms with E-state index in [-0.39, 0.29) is 24.0 Å². The number of benzene rings is 1. The van der Waals surface area contributed by atoms with Crippen LogP contribution in [-0.2, 0) is 6.61 Å². The number of imidazole rings is 1. The van der Waals surface area contributed by atoms with Crippen molar-refractivity contribution in [2.24, 2.45) is 0 Å². The van der Waals surface area contributed by atoms with Gasteiger partial charge in [0.2, 0.25) is 0 Å². The monoisotopic (exact) mass is 318 g/mol. The normalized spacial score (nSPS) is 10.8. The molecule has 0 radical (unpaired) electrons. The van der Waals surface area contributed by atoms with Crippen molar-refractivity contribution < 1.29 is 19.7 Å². The first kappa shape index (κ1) is 14.2. The lowest BCUT2D eigenvalue weighted by molar-refractivity contribution is 0.0693. The number of hydrogen-bond donors (Lipinski definition) is 2.